The summed E-state index contributed by atoms with van der Waals surface area (Å²) in [5.41, 5.74) is 16.3. The zero-order valence-electron chi connectivity index (χ0n) is 74.1. The van der Waals surface area contributed by atoms with Crippen LogP contribution in [0.15, 0.2) is 307 Å². The van der Waals surface area contributed by atoms with Gasteiger partial charge < -0.3 is 48.6 Å². The van der Waals surface area contributed by atoms with Gasteiger partial charge in [0.15, 0.2) is 32.0 Å². The maximum Gasteiger partial charge on any atom is 0.374 e. The average molecular weight is 1780 g/mol. The third-order valence-corrected chi connectivity index (χ3v) is 26.5. The lowest BCUT2D eigenvalue weighted by Gasteiger charge is -2.26. The van der Waals surface area contributed by atoms with Crippen molar-refractivity contribution in [2.24, 2.45) is 0 Å². The van der Waals surface area contributed by atoms with Crippen LogP contribution in [0.25, 0.3) is 98.1 Å². The summed E-state index contributed by atoms with van der Waals surface area (Å²) in [6, 6.07) is 70.7. The molecule has 131 heavy (non-hydrogen) atoms. The molecule has 19 nitrogen and oxygen atoms in total. The van der Waals surface area contributed by atoms with Crippen molar-refractivity contribution in [3.05, 3.63) is 346 Å². The Morgan fingerprint density at radius 1 is 0.443 bits per heavy atom. The number of nitrogens with zero attached hydrogens (tertiary/aromatic N) is 6. The van der Waals surface area contributed by atoms with Gasteiger partial charge in [-0.25, -0.2) is 0 Å². The van der Waals surface area contributed by atoms with E-state index in [1.54, 1.807) is 23.5 Å². The molecule has 0 unspecified atom stereocenters. The van der Waals surface area contributed by atoms with E-state index in [1.807, 2.05) is 95.7 Å². The van der Waals surface area contributed by atoms with Gasteiger partial charge in [0.1, 0.15) is 24.3 Å². The summed E-state index contributed by atoms with van der Waals surface area (Å²) in [6.07, 6.45) is 31.2. The van der Waals surface area contributed by atoms with E-state index < -0.39 is 17.9 Å². The molecular formula is C110H102ClN6O13S+3. The first-order chi connectivity index (χ1) is 63.5. The number of anilines is 3. The van der Waals surface area contributed by atoms with Crippen molar-refractivity contribution in [2.75, 3.05) is 60.7 Å². The normalized spacial score (nSPS) is 15.8. The van der Waals surface area contributed by atoms with Crippen LogP contribution in [0, 0.1) is 6.92 Å². The fraction of sp³-hybridized carbons (Fsp3) is 0.209. The predicted octanol–water partition coefficient (Wildman–Crippen LogP) is 22.4. The standard InChI is InChI=1S/C37H34N2O4S.C37H34N2O4.C36H31ClN2O5/c1-25-17-18-31-30(23-25)38(21-22-43-24-40)33(44-31)16-6-4-5-15-32-37(2,3)35-28-13-9-7-11-26(28)27-12-8-10-14-29(27)36(35)39(32)20-19-34(41)42;1-37(2)33(19-5-3-4-13-27-24-26-12-6-11-18-32(26)38(27)22-23-43-25-40)39(21-20-34(41)42)36-31-17-10-8-15-29(31)28-14-7-9-16-30(28)35(36)37;1-36(2)31(14-4-3-5-15-32-38(20-21-43-23-40)29-17-16-24(37)22-30(29)44-32)39(19-18-33(41)42)35-28-13-9-7-11-26(28)25-10-6-8-12-27(25)34(35)36/h4-18,23-24H,19-22H2,1-3H3;3-19,25H,20-24H2,1-2H3;3-17,22-23H,18-21H2,1-2H3/p+3. The van der Waals surface area contributed by atoms with Crippen molar-refractivity contribution in [1.82, 2.24) is 0 Å². The summed E-state index contributed by atoms with van der Waals surface area (Å²) < 4.78 is 28.5. The van der Waals surface area contributed by atoms with E-state index in [4.69, 9.17) is 30.2 Å². The molecule has 0 aliphatic carbocycles. The van der Waals surface area contributed by atoms with Crippen molar-refractivity contribution >= 4 is 187 Å². The van der Waals surface area contributed by atoms with E-state index in [0.29, 0.717) is 88.4 Å². The maximum absolute atomic E-state index is 11.7. The fourth-order valence-electron chi connectivity index (χ4n) is 19.5. The summed E-state index contributed by atoms with van der Waals surface area (Å²) in [6.45, 7) is 20.3. The molecule has 6 heterocycles. The lowest BCUT2D eigenvalue weighted by Crippen LogP contribution is -2.37. The minimum Gasteiger partial charge on any atom is -0.481 e. The summed E-state index contributed by atoms with van der Waals surface area (Å²) in [5.74, 6) is -1.88. The first-order valence-corrected chi connectivity index (χ1v) is 45.1. The summed E-state index contributed by atoms with van der Waals surface area (Å²) in [5, 5.41) is 44.6. The van der Waals surface area contributed by atoms with Crippen LogP contribution in [0.3, 0.4) is 0 Å². The highest BCUT2D eigenvalue weighted by Gasteiger charge is 2.48. The molecule has 4 aliphatic rings. The monoisotopic (exact) mass is 1780 g/mol. The molecular weight excluding hydrogens is 1680 g/mol. The lowest BCUT2D eigenvalue weighted by molar-refractivity contribution is -0.679. The molecule has 0 radical (unpaired) electrons. The first-order valence-electron chi connectivity index (χ1n) is 43.9. The number of ether oxygens (including phenoxy) is 3. The number of carboxylic acid groups (broad SMARTS) is 3. The number of carbonyl (C=O) groups is 6. The number of para-hydroxylation sites is 1. The highest BCUT2D eigenvalue weighted by Crippen LogP contribution is 2.57. The number of hydrogen-bond acceptors (Lipinski definition) is 14. The van der Waals surface area contributed by atoms with Crippen LogP contribution >= 0.6 is 22.9 Å². The molecule has 4 aliphatic heterocycles. The SMILES string of the molecule is CC1(C)C(/C=C/C=C/C=C2/Cc3ccccc3N2CCOC=O)=[N+](CCC(=O)O)c2c1c1ccccc1c1ccccc21.CC1(C)C(=CC=CC=Cc2oc3cc(Cl)ccc3[n+]2CCOC=O)N(CCC(=O)O)c2c1c1ccccc1c1ccccc21.Cc1ccc2sc(C=CC=CC=C3N(CCC(=O)O)c4c(c5ccccc5c5ccccc45)C3(C)C)[n+](CCOC=O)c2c1. The van der Waals surface area contributed by atoms with E-state index in [1.165, 1.54) is 75.6 Å². The molecule has 0 saturated carbocycles. The molecule has 18 rings (SSSR count). The molecule has 12 aromatic carbocycles. The molecule has 0 spiro atoms. The Morgan fingerprint density at radius 3 is 1.44 bits per heavy atom. The number of allylic oxidation sites excluding steroid dienone is 16. The smallest absolute Gasteiger partial charge is 0.374 e. The number of benzene rings is 12. The second-order valence-electron chi connectivity index (χ2n) is 34.2. The Kier molecular flexibility index (Phi) is 26.8. The number of halogens is 1. The lowest BCUT2D eigenvalue weighted by atomic mass is 9.78. The van der Waals surface area contributed by atoms with Gasteiger partial charge in [-0.2, -0.15) is 13.7 Å². The van der Waals surface area contributed by atoms with E-state index in [2.05, 4.69) is 266 Å². The first kappa shape index (κ1) is 89.8. The van der Waals surface area contributed by atoms with Crippen LogP contribution in [-0.2, 0) is 78.7 Å². The third kappa shape index (κ3) is 18.1. The number of carboxylic acids is 3. The van der Waals surface area contributed by atoms with Gasteiger partial charge in [0, 0.05) is 105 Å². The number of aliphatic carboxylic acids is 3. The predicted molar refractivity (Wildman–Crippen MR) is 525 cm³/mol. The van der Waals surface area contributed by atoms with Crippen LogP contribution in [0.4, 0.5) is 22.7 Å². The van der Waals surface area contributed by atoms with E-state index in [-0.39, 0.29) is 42.1 Å². The van der Waals surface area contributed by atoms with Crippen molar-refractivity contribution < 1.29 is 76.4 Å². The third-order valence-electron chi connectivity index (χ3n) is 25.1. The highest BCUT2D eigenvalue weighted by atomic mass is 35.5. The maximum atomic E-state index is 11.7. The van der Waals surface area contributed by atoms with Gasteiger partial charge in [0.25, 0.3) is 29.9 Å². The zero-order valence-corrected chi connectivity index (χ0v) is 75.7. The highest BCUT2D eigenvalue weighted by molar-refractivity contribution is 7.18. The molecule has 3 N–H and O–H groups in total. The number of carbonyl (C=O) groups excluding carboxylic acids is 3. The van der Waals surface area contributed by atoms with Gasteiger partial charge >= 0.3 is 23.8 Å². The second-order valence-corrected chi connectivity index (χ2v) is 35.7. The molecule has 2 aromatic heterocycles. The summed E-state index contributed by atoms with van der Waals surface area (Å²) >= 11 is 7.87. The molecule has 0 fully saturated rings. The van der Waals surface area contributed by atoms with Gasteiger partial charge in [-0.3, -0.25) is 28.8 Å². The van der Waals surface area contributed by atoms with E-state index in [9.17, 15) is 44.1 Å². The van der Waals surface area contributed by atoms with Gasteiger partial charge in [-0.15, -0.1) is 0 Å². The van der Waals surface area contributed by atoms with Gasteiger partial charge in [0.05, 0.1) is 47.6 Å². The Morgan fingerprint density at radius 2 is 0.901 bits per heavy atom. The number of aryl methyl sites for hydroxylation is 1. The number of thiazole rings is 1. The van der Waals surface area contributed by atoms with Crippen LogP contribution < -0.4 is 23.8 Å². The largest absolute Gasteiger partial charge is 0.481 e. The Bertz CT molecular complexity index is 7020. The number of aromatic nitrogens is 2. The van der Waals surface area contributed by atoms with Crippen molar-refractivity contribution in [3.8, 4) is 0 Å². The molecule has 0 bridgehead atoms. The van der Waals surface area contributed by atoms with Crippen molar-refractivity contribution in [2.45, 2.75) is 103 Å². The minimum absolute atomic E-state index is 0.0154. The van der Waals surface area contributed by atoms with Crippen LogP contribution in [0.5, 0.6) is 0 Å². The zero-order chi connectivity index (χ0) is 91.7. The van der Waals surface area contributed by atoms with Crippen LogP contribution in [0.1, 0.15) is 99.5 Å². The molecule has 21 heteroatoms. The number of rotatable bonds is 30. The van der Waals surface area contributed by atoms with Crippen LogP contribution in [-0.4, -0.2) is 109 Å². The Balaban J connectivity index is 0.000000144. The number of hydrogen-bond donors (Lipinski definition) is 3. The quantitative estimate of drug-likeness (QED) is 0.00950. The Labute approximate surface area is 768 Å². The fourth-order valence-corrected chi connectivity index (χ4v) is 20.8. The van der Waals surface area contributed by atoms with E-state index >= 15 is 0 Å². The van der Waals surface area contributed by atoms with Crippen LogP contribution in [0.2, 0.25) is 5.02 Å². The van der Waals surface area contributed by atoms with Crippen molar-refractivity contribution in [3.63, 3.8) is 0 Å². The summed E-state index contributed by atoms with van der Waals surface area (Å²) in [4.78, 5) is 73.9. The number of fused-ring (bicyclic) bond motifs is 21. The molecule has 0 saturated heterocycles. The second kappa shape index (κ2) is 39.2. The molecule has 660 valence electrons. The topological polar surface area (TPSA) is 224 Å². The Hall–Kier alpha value is -14.6. The molecule has 0 amide bonds. The van der Waals surface area contributed by atoms with E-state index in [0.717, 1.165) is 89.6 Å². The summed E-state index contributed by atoms with van der Waals surface area (Å²) in [7, 11) is 0. The molecule has 0 atom stereocenters. The number of oxazole rings is 1. The van der Waals surface area contributed by atoms with Gasteiger partial charge in [0.2, 0.25) is 16.8 Å². The van der Waals surface area contributed by atoms with Gasteiger partial charge in [-0.1, -0.05) is 269 Å². The van der Waals surface area contributed by atoms with Crippen molar-refractivity contribution in [1.29, 1.82) is 0 Å². The minimum atomic E-state index is -0.835. The average Bonchev–Trinajstić information content (AvgIpc) is 1.56. The van der Waals surface area contributed by atoms with Gasteiger partial charge in [-0.05, 0) is 134 Å². The molecule has 14 aromatic rings.